The van der Waals surface area contributed by atoms with Gasteiger partial charge in [-0.1, -0.05) is 18.5 Å². The molecule has 25 heavy (non-hydrogen) atoms. The molecule has 1 saturated heterocycles. The first-order chi connectivity index (χ1) is 11.8. The second-order valence-corrected chi connectivity index (χ2v) is 6.35. The molecule has 1 aliphatic rings. The smallest absolute Gasteiger partial charge is 0.265 e. The number of nitrogens with zero attached hydrogens (tertiary/aromatic N) is 1. The molecule has 1 aromatic carbocycles. The number of rotatable bonds is 5. The third-order valence-electron chi connectivity index (χ3n) is 3.76. The Kier molecular flexibility index (Phi) is 6.02. The summed E-state index contributed by atoms with van der Waals surface area (Å²) in [5.41, 5.74) is 0.503. The summed E-state index contributed by atoms with van der Waals surface area (Å²) in [6.07, 6.45) is 2.22. The Hall–Kier alpha value is -2.12. The molecule has 1 atom stereocenters. The minimum atomic E-state index is -0.553. The standard InChI is InChI=1S/C17H19ClN2O4S/c1-5-9(2)24-14-12(18)7-10(8-13(14)23-4)6-11-15(21)19-17(25)20(3)16(11)22/h6-9H,5H2,1-4H3,(H,19,21,25)/b11-6+. The number of nitrogens with one attached hydrogen (secondary N) is 1. The van der Waals surface area contributed by atoms with E-state index in [9.17, 15) is 9.59 Å². The first kappa shape index (κ1) is 19.2. The quantitative estimate of drug-likeness (QED) is 0.482. The van der Waals surface area contributed by atoms with Crippen LogP contribution in [0.3, 0.4) is 0 Å². The molecule has 1 heterocycles. The lowest BCUT2D eigenvalue weighted by Gasteiger charge is -2.25. The molecular weight excluding hydrogens is 364 g/mol. The predicted octanol–water partition coefficient (Wildman–Crippen LogP) is 2.78. The number of methoxy groups -OCH3 is 1. The number of halogens is 1. The summed E-state index contributed by atoms with van der Waals surface area (Å²) in [5.74, 6) is -0.183. The molecule has 0 aliphatic carbocycles. The monoisotopic (exact) mass is 382 g/mol. The first-order valence-electron chi connectivity index (χ1n) is 7.67. The van der Waals surface area contributed by atoms with Gasteiger partial charge in [-0.3, -0.25) is 19.8 Å². The van der Waals surface area contributed by atoms with Crippen LogP contribution in [0.5, 0.6) is 11.5 Å². The summed E-state index contributed by atoms with van der Waals surface area (Å²) < 4.78 is 11.1. The summed E-state index contributed by atoms with van der Waals surface area (Å²) in [7, 11) is 2.99. The van der Waals surface area contributed by atoms with Crippen molar-refractivity contribution in [1.82, 2.24) is 10.2 Å². The topological polar surface area (TPSA) is 67.9 Å². The highest BCUT2D eigenvalue weighted by Crippen LogP contribution is 2.38. The van der Waals surface area contributed by atoms with Gasteiger partial charge in [0.25, 0.3) is 11.8 Å². The summed E-state index contributed by atoms with van der Waals surface area (Å²) in [5, 5.41) is 2.86. The molecule has 0 radical (unpaired) electrons. The van der Waals surface area contributed by atoms with Gasteiger partial charge in [-0.25, -0.2) is 0 Å². The molecule has 2 amide bonds. The van der Waals surface area contributed by atoms with Gasteiger partial charge in [0.1, 0.15) is 5.57 Å². The van der Waals surface area contributed by atoms with Crippen molar-refractivity contribution in [3.63, 3.8) is 0 Å². The molecule has 1 aliphatic heterocycles. The lowest BCUT2D eigenvalue weighted by Crippen LogP contribution is -2.52. The Morgan fingerprint density at radius 1 is 1.40 bits per heavy atom. The second kappa shape index (κ2) is 7.84. The van der Waals surface area contributed by atoms with Gasteiger partial charge in [-0.05, 0) is 49.3 Å². The maximum Gasteiger partial charge on any atom is 0.265 e. The molecule has 0 bridgehead atoms. The molecule has 1 fully saturated rings. The van der Waals surface area contributed by atoms with E-state index in [1.54, 1.807) is 12.1 Å². The van der Waals surface area contributed by atoms with E-state index in [0.717, 1.165) is 6.42 Å². The van der Waals surface area contributed by atoms with Crippen LogP contribution in [0.15, 0.2) is 17.7 Å². The number of hydrogen-bond acceptors (Lipinski definition) is 5. The summed E-state index contributed by atoms with van der Waals surface area (Å²) in [6, 6.07) is 3.27. The van der Waals surface area contributed by atoms with Gasteiger partial charge in [0.15, 0.2) is 16.6 Å². The van der Waals surface area contributed by atoms with Crippen LogP contribution >= 0.6 is 23.8 Å². The SMILES string of the molecule is CCC(C)Oc1c(Cl)cc(/C=C2\C(=O)NC(=S)N(C)C2=O)cc1OC. The highest BCUT2D eigenvalue weighted by molar-refractivity contribution is 7.80. The van der Waals surface area contributed by atoms with Crippen molar-refractivity contribution >= 4 is 46.8 Å². The molecule has 8 heteroatoms. The first-order valence-corrected chi connectivity index (χ1v) is 8.46. The minimum Gasteiger partial charge on any atom is -0.493 e. The van der Waals surface area contributed by atoms with Gasteiger partial charge < -0.3 is 9.47 Å². The van der Waals surface area contributed by atoms with Crippen LogP contribution in [0, 0.1) is 0 Å². The fourth-order valence-corrected chi connectivity index (χ4v) is 2.57. The fourth-order valence-electron chi connectivity index (χ4n) is 2.13. The molecule has 1 unspecified atom stereocenters. The number of likely N-dealkylation sites (N-methyl/N-ethyl adjacent to an activating group) is 1. The molecule has 1 aromatic rings. The maximum absolute atomic E-state index is 12.3. The van der Waals surface area contributed by atoms with E-state index in [1.807, 2.05) is 13.8 Å². The summed E-state index contributed by atoms with van der Waals surface area (Å²) in [4.78, 5) is 25.5. The van der Waals surface area contributed by atoms with Crippen molar-refractivity contribution in [2.24, 2.45) is 0 Å². The van der Waals surface area contributed by atoms with Crippen molar-refractivity contribution < 1.29 is 19.1 Å². The number of benzene rings is 1. The molecule has 134 valence electrons. The van der Waals surface area contributed by atoms with Gasteiger partial charge in [0, 0.05) is 7.05 Å². The van der Waals surface area contributed by atoms with E-state index in [0.29, 0.717) is 22.1 Å². The van der Waals surface area contributed by atoms with E-state index in [1.165, 1.54) is 25.1 Å². The number of hydrogen-bond donors (Lipinski definition) is 1. The lowest BCUT2D eigenvalue weighted by atomic mass is 10.1. The molecule has 0 aromatic heterocycles. The van der Waals surface area contributed by atoms with Crippen molar-refractivity contribution in [2.75, 3.05) is 14.2 Å². The molecule has 0 saturated carbocycles. The highest BCUT2D eigenvalue weighted by Gasteiger charge is 2.30. The van der Waals surface area contributed by atoms with Gasteiger partial charge in [0.2, 0.25) is 0 Å². The molecule has 1 N–H and O–H groups in total. The average Bonchev–Trinajstić information content (AvgIpc) is 2.58. The van der Waals surface area contributed by atoms with Crippen molar-refractivity contribution in [2.45, 2.75) is 26.4 Å². The molecule has 0 spiro atoms. The van der Waals surface area contributed by atoms with Crippen LogP contribution < -0.4 is 14.8 Å². The average molecular weight is 383 g/mol. The number of carbonyl (C=O) groups excluding carboxylic acids is 2. The van der Waals surface area contributed by atoms with E-state index in [2.05, 4.69) is 5.32 Å². The highest BCUT2D eigenvalue weighted by atomic mass is 35.5. The van der Waals surface area contributed by atoms with E-state index >= 15 is 0 Å². The van der Waals surface area contributed by atoms with E-state index in [-0.39, 0.29) is 16.8 Å². The summed E-state index contributed by atoms with van der Waals surface area (Å²) >= 11 is 11.2. The van der Waals surface area contributed by atoms with E-state index < -0.39 is 11.8 Å². The van der Waals surface area contributed by atoms with Crippen molar-refractivity contribution in [1.29, 1.82) is 0 Å². The van der Waals surface area contributed by atoms with Crippen molar-refractivity contribution in [3.05, 3.63) is 28.3 Å². The Balaban J connectivity index is 2.43. The zero-order valence-corrected chi connectivity index (χ0v) is 16.0. The second-order valence-electron chi connectivity index (χ2n) is 5.55. The normalized spacial score (nSPS) is 17.6. The Labute approximate surface area is 156 Å². The number of amides is 2. The Morgan fingerprint density at radius 2 is 2.08 bits per heavy atom. The predicted molar refractivity (Wildman–Crippen MR) is 99.9 cm³/mol. The zero-order valence-electron chi connectivity index (χ0n) is 14.4. The van der Waals surface area contributed by atoms with E-state index in [4.69, 9.17) is 33.3 Å². The third kappa shape index (κ3) is 4.11. The summed E-state index contributed by atoms with van der Waals surface area (Å²) in [6.45, 7) is 3.92. The van der Waals surface area contributed by atoms with Crippen LogP contribution in [-0.2, 0) is 9.59 Å². The van der Waals surface area contributed by atoms with Crippen LogP contribution in [-0.4, -0.2) is 42.1 Å². The Morgan fingerprint density at radius 3 is 2.68 bits per heavy atom. The van der Waals surface area contributed by atoms with Crippen molar-refractivity contribution in [3.8, 4) is 11.5 Å². The fraction of sp³-hybridized carbons (Fsp3) is 0.353. The van der Waals surface area contributed by atoms with Gasteiger partial charge in [-0.15, -0.1) is 0 Å². The largest absolute Gasteiger partial charge is 0.493 e. The zero-order chi connectivity index (χ0) is 18.7. The number of ether oxygens (including phenoxy) is 2. The molecule has 2 rings (SSSR count). The van der Waals surface area contributed by atoms with Gasteiger partial charge in [0.05, 0.1) is 18.2 Å². The van der Waals surface area contributed by atoms with Crippen LogP contribution in [0.25, 0.3) is 6.08 Å². The maximum atomic E-state index is 12.3. The molecule has 6 nitrogen and oxygen atoms in total. The number of thiocarbonyl (C=S) groups is 1. The van der Waals surface area contributed by atoms with Gasteiger partial charge >= 0.3 is 0 Å². The third-order valence-corrected chi connectivity index (χ3v) is 4.42. The van der Waals surface area contributed by atoms with Gasteiger partial charge in [-0.2, -0.15) is 0 Å². The Bertz CT molecular complexity index is 763. The van der Waals surface area contributed by atoms with Crippen LogP contribution in [0.4, 0.5) is 0 Å². The number of carbonyl (C=O) groups is 2. The molecular formula is C17H19ClN2O4S. The van der Waals surface area contributed by atoms with Crippen LogP contribution in [0.2, 0.25) is 5.02 Å². The lowest BCUT2D eigenvalue weighted by molar-refractivity contribution is -0.128. The van der Waals surface area contributed by atoms with Crippen LogP contribution in [0.1, 0.15) is 25.8 Å². The minimum absolute atomic E-state index is 0.0315.